The van der Waals surface area contributed by atoms with Crippen LogP contribution in [0.1, 0.15) is 19.4 Å². The second-order valence-corrected chi connectivity index (χ2v) is 8.06. The second kappa shape index (κ2) is 10.2. The molecule has 0 radical (unpaired) electrons. The predicted octanol–water partition coefficient (Wildman–Crippen LogP) is 3.50. The third kappa shape index (κ3) is 6.44. The molecule has 1 aromatic carbocycles. The molecular formula is C22H28N6S. The Morgan fingerprint density at radius 2 is 2.21 bits per heavy atom. The number of thioether (sulfide) groups is 1. The van der Waals surface area contributed by atoms with Crippen molar-refractivity contribution in [2.45, 2.75) is 24.8 Å². The van der Waals surface area contributed by atoms with E-state index in [4.69, 9.17) is 11.1 Å². The molecule has 0 bridgehead atoms. The molecule has 4 N–H and O–H groups in total. The van der Waals surface area contributed by atoms with Gasteiger partial charge in [0, 0.05) is 35.3 Å². The summed E-state index contributed by atoms with van der Waals surface area (Å²) in [6.07, 6.45) is 9.29. The molecule has 0 unspecified atom stereocenters. The number of benzene rings is 1. The number of hydrogen-bond donors (Lipinski definition) is 3. The molecule has 0 amide bonds. The van der Waals surface area contributed by atoms with Gasteiger partial charge < -0.3 is 16.5 Å². The van der Waals surface area contributed by atoms with E-state index in [0.29, 0.717) is 23.5 Å². The zero-order valence-electron chi connectivity index (χ0n) is 16.9. The number of allylic oxidation sites excluding steroid dienone is 1. The van der Waals surface area contributed by atoms with Crippen LogP contribution >= 0.6 is 11.8 Å². The normalized spacial score (nSPS) is 16.0. The molecule has 0 saturated carbocycles. The summed E-state index contributed by atoms with van der Waals surface area (Å²) in [5, 5.41) is 11.9. The summed E-state index contributed by atoms with van der Waals surface area (Å²) in [6, 6.07) is 8.91. The van der Waals surface area contributed by atoms with Crippen LogP contribution in [-0.2, 0) is 0 Å². The Bertz CT molecular complexity index is 943. The molecule has 1 saturated heterocycles. The van der Waals surface area contributed by atoms with E-state index in [1.807, 2.05) is 18.5 Å². The van der Waals surface area contributed by atoms with Gasteiger partial charge in [0.2, 0.25) is 0 Å². The number of likely N-dealkylation sites (N-methyl/N-ethyl adjacent to an activating group) is 1. The Balaban J connectivity index is 1.58. The Kier molecular flexibility index (Phi) is 7.43. The lowest BCUT2D eigenvalue weighted by Gasteiger charge is -2.38. The fraction of sp³-hybridized carbons (Fsp3) is 0.318. The molecule has 1 aromatic heterocycles. The van der Waals surface area contributed by atoms with Crippen LogP contribution in [0.15, 0.2) is 58.7 Å². The number of aliphatic imine (C=N–C) groups is 1. The maximum absolute atomic E-state index is 7.37. The average molecular weight is 409 g/mol. The molecule has 0 spiro atoms. The van der Waals surface area contributed by atoms with Gasteiger partial charge in [0.25, 0.3) is 0 Å². The summed E-state index contributed by atoms with van der Waals surface area (Å²) in [4.78, 5) is 12.4. The van der Waals surface area contributed by atoms with Crippen molar-refractivity contribution in [2.75, 3.05) is 25.5 Å². The summed E-state index contributed by atoms with van der Waals surface area (Å²) in [5.41, 5.74) is 8.33. The smallest absolute Gasteiger partial charge is 0.119 e. The van der Waals surface area contributed by atoms with Crippen molar-refractivity contribution in [3.63, 3.8) is 0 Å². The Morgan fingerprint density at radius 3 is 2.97 bits per heavy atom. The van der Waals surface area contributed by atoms with E-state index in [1.54, 1.807) is 30.8 Å². The Morgan fingerprint density at radius 1 is 1.38 bits per heavy atom. The van der Waals surface area contributed by atoms with E-state index < -0.39 is 0 Å². The number of nitrogens with one attached hydrogen (secondary N) is 2. The predicted molar refractivity (Wildman–Crippen MR) is 125 cm³/mol. The monoisotopic (exact) mass is 408 g/mol. The number of aromatic nitrogens is 1. The highest BCUT2D eigenvalue weighted by atomic mass is 32.2. The van der Waals surface area contributed by atoms with E-state index in [0.717, 1.165) is 41.0 Å². The summed E-state index contributed by atoms with van der Waals surface area (Å²) in [5.74, 6) is 0.964. The van der Waals surface area contributed by atoms with Crippen molar-refractivity contribution in [3.05, 3.63) is 54.4 Å². The van der Waals surface area contributed by atoms with Gasteiger partial charge in [-0.25, -0.2) is 0 Å². The van der Waals surface area contributed by atoms with Crippen LogP contribution < -0.4 is 11.1 Å². The topological polar surface area (TPSA) is 90.4 Å². The minimum Gasteiger partial charge on any atom is -0.386 e. The number of fused-ring (bicyclic) bond motifs is 1. The van der Waals surface area contributed by atoms with Crippen molar-refractivity contribution in [1.29, 1.82) is 5.41 Å². The molecule has 7 heteroatoms. The summed E-state index contributed by atoms with van der Waals surface area (Å²) in [6.45, 7) is 7.24. The first-order valence-corrected chi connectivity index (χ1v) is 10.7. The molecule has 0 aliphatic carbocycles. The first-order valence-electron chi connectivity index (χ1n) is 9.74. The summed E-state index contributed by atoms with van der Waals surface area (Å²) >= 11 is 1.62. The standard InChI is InChI=1S/C22H28N6S/c1-3-28-13-19(14-28)25-9-8-17-10-18-11-20(5-6-21(18)26-12-17)29-15-27-22(24)7-4-16(2)23/h4-12,19,23,25H,3,13-15H2,1-2H3,(H2,24,27)/b7-4-,9-8+,23-16?. The average Bonchev–Trinajstić information content (AvgIpc) is 2.67. The van der Waals surface area contributed by atoms with Gasteiger partial charge in [-0.05, 0) is 67.7 Å². The highest BCUT2D eigenvalue weighted by Gasteiger charge is 2.23. The van der Waals surface area contributed by atoms with E-state index in [1.165, 1.54) is 0 Å². The zero-order valence-corrected chi connectivity index (χ0v) is 17.7. The van der Waals surface area contributed by atoms with E-state index in [2.05, 4.69) is 51.4 Å². The Hall–Kier alpha value is -2.64. The number of hydrogen-bond acceptors (Lipinski definition) is 6. The SMILES string of the molecule is CCN1CC(N/C=C/c2cnc3ccc(SC/N=C(N)/C=C\C(C)=N)cc3c2)C1. The number of likely N-dealkylation sites (tertiary alicyclic amines) is 1. The van der Waals surface area contributed by atoms with Gasteiger partial charge in [0.05, 0.1) is 17.4 Å². The second-order valence-electron chi connectivity index (χ2n) is 7.05. The van der Waals surface area contributed by atoms with E-state index in [9.17, 15) is 0 Å². The van der Waals surface area contributed by atoms with E-state index >= 15 is 0 Å². The molecule has 2 heterocycles. The van der Waals surface area contributed by atoms with Gasteiger partial charge in [-0.15, -0.1) is 11.8 Å². The van der Waals surface area contributed by atoms with Crippen LogP contribution in [0.3, 0.4) is 0 Å². The van der Waals surface area contributed by atoms with Gasteiger partial charge in [0.15, 0.2) is 0 Å². The van der Waals surface area contributed by atoms with Crippen LogP contribution in [0.25, 0.3) is 17.0 Å². The van der Waals surface area contributed by atoms with Crippen LogP contribution in [0.5, 0.6) is 0 Å². The minimum atomic E-state index is 0.431. The molecule has 29 heavy (non-hydrogen) atoms. The molecule has 152 valence electrons. The van der Waals surface area contributed by atoms with Crippen molar-refractivity contribution in [1.82, 2.24) is 15.2 Å². The van der Waals surface area contributed by atoms with E-state index in [-0.39, 0.29) is 0 Å². The van der Waals surface area contributed by atoms with Gasteiger partial charge >= 0.3 is 0 Å². The molecule has 1 aliphatic heterocycles. The van der Waals surface area contributed by atoms with Crippen LogP contribution in [0.4, 0.5) is 0 Å². The fourth-order valence-electron chi connectivity index (χ4n) is 2.97. The molecule has 1 fully saturated rings. The largest absolute Gasteiger partial charge is 0.386 e. The lowest BCUT2D eigenvalue weighted by Crippen LogP contribution is -2.56. The fourth-order valence-corrected chi connectivity index (χ4v) is 3.70. The molecule has 1 aliphatic rings. The van der Waals surface area contributed by atoms with Crippen molar-refractivity contribution in [3.8, 4) is 0 Å². The first-order chi connectivity index (χ1) is 14.0. The van der Waals surface area contributed by atoms with Crippen molar-refractivity contribution >= 4 is 40.3 Å². The number of rotatable bonds is 9. The lowest BCUT2D eigenvalue weighted by atomic mass is 10.1. The zero-order chi connectivity index (χ0) is 20.6. The van der Waals surface area contributed by atoms with Gasteiger partial charge in [-0.1, -0.05) is 6.92 Å². The minimum absolute atomic E-state index is 0.431. The number of pyridine rings is 1. The summed E-state index contributed by atoms with van der Waals surface area (Å²) < 4.78 is 0. The first kappa shape index (κ1) is 21.1. The molecule has 2 aromatic rings. The maximum Gasteiger partial charge on any atom is 0.119 e. The number of nitrogens with two attached hydrogens (primary N) is 1. The molecule has 6 nitrogen and oxygen atoms in total. The Labute approximate surface area is 176 Å². The van der Waals surface area contributed by atoms with Gasteiger partial charge in [-0.2, -0.15) is 0 Å². The number of amidine groups is 1. The molecule has 0 atom stereocenters. The van der Waals surface area contributed by atoms with Gasteiger partial charge in [0.1, 0.15) is 5.84 Å². The highest BCUT2D eigenvalue weighted by Crippen LogP contribution is 2.23. The van der Waals surface area contributed by atoms with Crippen LogP contribution in [-0.4, -0.2) is 53.0 Å². The molecule has 3 rings (SSSR count). The summed E-state index contributed by atoms with van der Waals surface area (Å²) in [7, 11) is 0. The highest BCUT2D eigenvalue weighted by molar-refractivity contribution is 7.99. The van der Waals surface area contributed by atoms with Gasteiger partial charge in [-0.3, -0.25) is 14.9 Å². The lowest BCUT2D eigenvalue weighted by molar-refractivity contribution is 0.144. The third-order valence-corrected chi connectivity index (χ3v) is 5.51. The molecular weight excluding hydrogens is 380 g/mol. The van der Waals surface area contributed by atoms with Crippen molar-refractivity contribution in [2.24, 2.45) is 10.7 Å². The van der Waals surface area contributed by atoms with Crippen molar-refractivity contribution < 1.29 is 0 Å². The quantitative estimate of drug-likeness (QED) is 0.336. The number of nitrogens with zero attached hydrogens (tertiary/aromatic N) is 3. The van der Waals surface area contributed by atoms with Crippen LogP contribution in [0, 0.1) is 5.41 Å². The third-order valence-electron chi connectivity index (χ3n) is 4.67. The maximum atomic E-state index is 7.37. The van der Waals surface area contributed by atoms with Crippen LogP contribution in [0.2, 0.25) is 0 Å².